The minimum absolute atomic E-state index is 0.111. The third kappa shape index (κ3) is 4.05. The van der Waals surface area contributed by atoms with Crippen LogP contribution in [0.3, 0.4) is 0 Å². The second-order valence-electron chi connectivity index (χ2n) is 6.21. The Labute approximate surface area is 123 Å². The van der Waals surface area contributed by atoms with Crippen LogP contribution in [0.4, 0.5) is 4.39 Å². The molecule has 1 saturated carbocycles. The number of halogens is 1. The molecule has 0 radical (unpaired) electrons. The average Bonchev–Trinajstić information content (AvgIpc) is 2.65. The summed E-state index contributed by atoms with van der Waals surface area (Å²) in [4.78, 5) is 0. The first-order valence-electron chi connectivity index (χ1n) is 8.19. The molecule has 0 bridgehead atoms. The first-order chi connectivity index (χ1) is 9.72. The van der Waals surface area contributed by atoms with Crippen LogP contribution in [-0.2, 0) is 0 Å². The molecule has 1 nitrogen and oxygen atoms in total. The van der Waals surface area contributed by atoms with Gasteiger partial charge in [-0.2, -0.15) is 0 Å². The summed E-state index contributed by atoms with van der Waals surface area (Å²) in [6.45, 7) is 6.47. The monoisotopic (exact) mass is 277 g/mol. The number of aryl methyl sites for hydroxylation is 1. The Morgan fingerprint density at radius 3 is 2.75 bits per heavy atom. The summed E-state index contributed by atoms with van der Waals surface area (Å²) < 4.78 is 13.3. The van der Waals surface area contributed by atoms with Gasteiger partial charge < -0.3 is 5.32 Å². The molecule has 1 fully saturated rings. The number of benzene rings is 1. The van der Waals surface area contributed by atoms with Crippen LogP contribution in [0.2, 0.25) is 0 Å². The lowest BCUT2D eigenvalue weighted by atomic mass is 9.80. The maximum atomic E-state index is 13.3. The Bertz CT molecular complexity index is 416. The van der Waals surface area contributed by atoms with Gasteiger partial charge in [-0.1, -0.05) is 32.3 Å². The zero-order chi connectivity index (χ0) is 14.4. The molecule has 0 saturated heterocycles. The van der Waals surface area contributed by atoms with Gasteiger partial charge in [0, 0.05) is 0 Å². The molecule has 2 heteroatoms. The molecule has 2 rings (SSSR count). The van der Waals surface area contributed by atoms with Gasteiger partial charge in [-0.25, -0.2) is 4.39 Å². The zero-order valence-corrected chi connectivity index (χ0v) is 12.9. The van der Waals surface area contributed by atoms with Gasteiger partial charge in [0.25, 0.3) is 0 Å². The zero-order valence-electron chi connectivity index (χ0n) is 12.9. The number of rotatable bonds is 5. The molecular weight excluding hydrogens is 249 g/mol. The van der Waals surface area contributed by atoms with Crippen LogP contribution in [0.25, 0.3) is 0 Å². The van der Waals surface area contributed by atoms with Gasteiger partial charge in [-0.3, -0.25) is 0 Å². The fourth-order valence-corrected chi connectivity index (χ4v) is 3.56. The van der Waals surface area contributed by atoms with Crippen LogP contribution in [-0.4, -0.2) is 13.1 Å². The normalized spacial score (nSPS) is 23.6. The highest BCUT2D eigenvalue weighted by atomic mass is 19.1. The molecule has 0 spiro atoms. The van der Waals surface area contributed by atoms with Gasteiger partial charge >= 0.3 is 0 Å². The smallest absolute Gasteiger partial charge is 0.123 e. The van der Waals surface area contributed by atoms with Crippen molar-refractivity contribution in [3.63, 3.8) is 0 Å². The molecule has 2 atom stereocenters. The van der Waals surface area contributed by atoms with E-state index < -0.39 is 0 Å². The van der Waals surface area contributed by atoms with E-state index in [1.807, 2.05) is 6.07 Å². The Balaban J connectivity index is 2.14. The van der Waals surface area contributed by atoms with Crippen LogP contribution in [0.5, 0.6) is 0 Å². The Morgan fingerprint density at radius 2 is 2.00 bits per heavy atom. The fraction of sp³-hybridized carbons (Fsp3) is 0.667. The Kier molecular flexibility index (Phi) is 6.03. The predicted molar refractivity (Wildman–Crippen MR) is 83.6 cm³/mol. The van der Waals surface area contributed by atoms with E-state index >= 15 is 0 Å². The third-order valence-electron chi connectivity index (χ3n) is 4.62. The quantitative estimate of drug-likeness (QED) is 0.602. The average molecular weight is 277 g/mol. The summed E-state index contributed by atoms with van der Waals surface area (Å²) in [6.07, 6.45) is 7.75. The molecule has 1 N–H and O–H groups in total. The van der Waals surface area contributed by atoms with Crippen molar-refractivity contribution in [2.75, 3.05) is 13.1 Å². The summed E-state index contributed by atoms with van der Waals surface area (Å²) in [6, 6.07) is 5.34. The molecule has 0 heterocycles. The lowest BCUT2D eigenvalue weighted by Gasteiger charge is -2.27. The second kappa shape index (κ2) is 7.78. The van der Waals surface area contributed by atoms with Crippen LogP contribution in [0.15, 0.2) is 18.2 Å². The summed E-state index contributed by atoms with van der Waals surface area (Å²) in [5.41, 5.74) is 2.49. The first kappa shape index (κ1) is 15.5. The lowest BCUT2D eigenvalue weighted by molar-refractivity contribution is 0.374. The highest BCUT2D eigenvalue weighted by Crippen LogP contribution is 2.37. The summed E-state index contributed by atoms with van der Waals surface area (Å²) in [7, 11) is 0. The van der Waals surface area contributed by atoms with Gasteiger partial charge in [0.15, 0.2) is 0 Å². The van der Waals surface area contributed by atoms with Crippen molar-refractivity contribution in [3.8, 4) is 0 Å². The van der Waals surface area contributed by atoms with E-state index in [0.717, 1.165) is 18.7 Å². The summed E-state index contributed by atoms with van der Waals surface area (Å²) >= 11 is 0. The van der Waals surface area contributed by atoms with Gasteiger partial charge in [0.1, 0.15) is 5.82 Å². The third-order valence-corrected chi connectivity index (χ3v) is 4.62. The van der Waals surface area contributed by atoms with E-state index in [4.69, 9.17) is 0 Å². The Morgan fingerprint density at radius 1 is 1.20 bits per heavy atom. The molecule has 2 unspecified atom stereocenters. The highest BCUT2D eigenvalue weighted by molar-refractivity contribution is 5.30. The van der Waals surface area contributed by atoms with E-state index in [-0.39, 0.29) is 5.82 Å². The number of nitrogens with one attached hydrogen (secondary N) is 1. The van der Waals surface area contributed by atoms with Crippen LogP contribution < -0.4 is 5.32 Å². The van der Waals surface area contributed by atoms with Gasteiger partial charge in [0.2, 0.25) is 0 Å². The number of hydrogen-bond acceptors (Lipinski definition) is 1. The maximum Gasteiger partial charge on any atom is 0.123 e. The van der Waals surface area contributed by atoms with Crippen molar-refractivity contribution in [2.24, 2.45) is 5.92 Å². The van der Waals surface area contributed by atoms with Crippen molar-refractivity contribution in [1.82, 2.24) is 5.32 Å². The fourth-order valence-electron chi connectivity index (χ4n) is 3.56. The molecule has 1 aliphatic rings. The van der Waals surface area contributed by atoms with Crippen molar-refractivity contribution in [3.05, 3.63) is 35.1 Å². The molecule has 20 heavy (non-hydrogen) atoms. The summed E-state index contributed by atoms with van der Waals surface area (Å²) in [5.74, 6) is 1.19. The van der Waals surface area contributed by atoms with Crippen LogP contribution in [0.1, 0.15) is 62.5 Å². The molecular formula is C18H28FN. The molecule has 0 aliphatic heterocycles. The summed E-state index contributed by atoms with van der Waals surface area (Å²) in [5, 5.41) is 3.59. The predicted octanol–water partition coefficient (Wildman–Crippen LogP) is 4.80. The van der Waals surface area contributed by atoms with Gasteiger partial charge in [-0.05, 0) is 74.4 Å². The van der Waals surface area contributed by atoms with Crippen molar-refractivity contribution in [2.45, 2.75) is 58.3 Å². The SMILES string of the molecule is CCCNCC1CCCCCC1c1ccc(F)cc1C. The van der Waals surface area contributed by atoms with Crippen molar-refractivity contribution < 1.29 is 4.39 Å². The number of hydrogen-bond donors (Lipinski definition) is 1. The Hall–Kier alpha value is -0.890. The van der Waals surface area contributed by atoms with Gasteiger partial charge in [-0.15, -0.1) is 0 Å². The molecule has 0 aromatic heterocycles. The van der Waals surface area contributed by atoms with E-state index in [9.17, 15) is 4.39 Å². The van der Waals surface area contributed by atoms with E-state index in [1.54, 1.807) is 12.1 Å². The lowest BCUT2D eigenvalue weighted by Crippen LogP contribution is -2.27. The van der Waals surface area contributed by atoms with E-state index in [1.165, 1.54) is 44.1 Å². The molecule has 0 amide bonds. The largest absolute Gasteiger partial charge is 0.316 e. The first-order valence-corrected chi connectivity index (χ1v) is 8.19. The standard InChI is InChI=1S/C18H28FN/c1-3-11-20-13-15-7-5-4-6-8-18(15)17-10-9-16(19)12-14(17)2/h9-10,12,15,18,20H,3-8,11,13H2,1-2H3. The molecule has 1 aromatic rings. The molecule has 1 aliphatic carbocycles. The second-order valence-corrected chi connectivity index (χ2v) is 6.21. The van der Waals surface area contributed by atoms with Crippen molar-refractivity contribution in [1.29, 1.82) is 0 Å². The van der Waals surface area contributed by atoms with E-state index in [2.05, 4.69) is 19.2 Å². The topological polar surface area (TPSA) is 12.0 Å². The highest BCUT2D eigenvalue weighted by Gasteiger charge is 2.25. The molecule has 1 aromatic carbocycles. The van der Waals surface area contributed by atoms with Crippen molar-refractivity contribution >= 4 is 0 Å². The maximum absolute atomic E-state index is 13.3. The van der Waals surface area contributed by atoms with Gasteiger partial charge in [0.05, 0.1) is 0 Å². The minimum atomic E-state index is -0.111. The van der Waals surface area contributed by atoms with Crippen LogP contribution >= 0.6 is 0 Å². The molecule has 112 valence electrons. The minimum Gasteiger partial charge on any atom is -0.316 e. The van der Waals surface area contributed by atoms with Crippen LogP contribution in [0, 0.1) is 18.7 Å². The van der Waals surface area contributed by atoms with E-state index in [0.29, 0.717) is 11.8 Å².